The van der Waals surface area contributed by atoms with Crippen molar-refractivity contribution in [3.63, 3.8) is 0 Å². The summed E-state index contributed by atoms with van der Waals surface area (Å²) in [5, 5.41) is 3.38. The van der Waals surface area contributed by atoms with Gasteiger partial charge in [-0.2, -0.15) is 0 Å². The van der Waals surface area contributed by atoms with Gasteiger partial charge in [-0.15, -0.1) is 0 Å². The fraction of sp³-hybridized carbons (Fsp3) is 0.263. The Morgan fingerprint density at radius 1 is 1.08 bits per heavy atom. The van der Waals surface area contributed by atoms with Crippen molar-refractivity contribution in [3.8, 4) is 5.75 Å². The average Bonchev–Trinajstić information content (AvgIpc) is 2.60. The Morgan fingerprint density at radius 3 is 2.46 bits per heavy atom. The van der Waals surface area contributed by atoms with Gasteiger partial charge in [0.25, 0.3) is 5.91 Å². The number of carbonyl (C=O) groups excluding carboxylic acids is 2. The van der Waals surface area contributed by atoms with Gasteiger partial charge < -0.3 is 14.8 Å². The monoisotopic (exact) mass is 395 g/mol. The Bertz CT molecular complexity index is 760. The van der Waals surface area contributed by atoms with E-state index in [2.05, 4.69) is 5.32 Å². The van der Waals surface area contributed by atoms with Crippen LogP contribution < -0.4 is 10.1 Å². The van der Waals surface area contributed by atoms with Crippen LogP contribution in [0.2, 0.25) is 10.0 Å². The molecule has 0 unspecified atom stereocenters. The van der Waals surface area contributed by atoms with Gasteiger partial charge in [0.05, 0.1) is 13.0 Å². The molecule has 138 valence electrons. The summed E-state index contributed by atoms with van der Waals surface area (Å²) in [6, 6.07) is 12.6. The SMILES string of the molecule is Cc1cccc(OCCNC(=O)COC(=O)Cc2c(Cl)cccc2Cl)c1. The largest absolute Gasteiger partial charge is 0.492 e. The molecule has 0 bridgehead atoms. The number of carbonyl (C=O) groups is 2. The van der Waals surface area contributed by atoms with Gasteiger partial charge in [0, 0.05) is 15.6 Å². The first-order chi connectivity index (χ1) is 12.5. The molecule has 0 aliphatic rings. The lowest BCUT2D eigenvalue weighted by Crippen LogP contribution is -2.32. The van der Waals surface area contributed by atoms with E-state index in [9.17, 15) is 9.59 Å². The molecule has 0 aliphatic carbocycles. The van der Waals surface area contributed by atoms with E-state index < -0.39 is 11.9 Å². The van der Waals surface area contributed by atoms with Crippen molar-refractivity contribution in [2.24, 2.45) is 0 Å². The Labute approximate surface area is 162 Å². The van der Waals surface area contributed by atoms with Crippen LogP contribution >= 0.6 is 23.2 Å². The highest BCUT2D eigenvalue weighted by Crippen LogP contribution is 2.24. The fourth-order valence-electron chi connectivity index (χ4n) is 2.16. The quantitative estimate of drug-likeness (QED) is 0.547. The molecule has 1 amide bonds. The van der Waals surface area contributed by atoms with E-state index in [1.807, 2.05) is 31.2 Å². The van der Waals surface area contributed by atoms with E-state index in [-0.39, 0.29) is 13.0 Å². The molecule has 7 heteroatoms. The van der Waals surface area contributed by atoms with Gasteiger partial charge in [0.1, 0.15) is 12.4 Å². The van der Waals surface area contributed by atoms with Crippen LogP contribution in [-0.4, -0.2) is 31.6 Å². The van der Waals surface area contributed by atoms with Gasteiger partial charge in [-0.1, -0.05) is 41.4 Å². The van der Waals surface area contributed by atoms with Crippen molar-refractivity contribution >= 4 is 35.1 Å². The van der Waals surface area contributed by atoms with E-state index in [0.717, 1.165) is 11.3 Å². The van der Waals surface area contributed by atoms with Crippen LogP contribution in [0.1, 0.15) is 11.1 Å². The fourth-order valence-corrected chi connectivity index (χ4v) is 2.69. The molecule has 0 atom stereocenters. The minimum absolute atomic E-state index is 0.0950. The van der Waals surface area contributed by atoms with Gasteiger partial charge in [-0.05, 0) is 36.8 Å². The third-order valence-electron chi connectivity index (χ3n) is 3.43. The zero-order valence-electron chi connectivity index (χ0n) is 14.3. The Balaban J connectivity index is 1.66. The smallest absolute Gasteiger partial charge is 0.310 e. The Hall–Kier alpha value is -2.24. The molecule has 2 rings (SSSR count). The summed E-state index contributed by atoms with van der Waals surface area (Å²) in [5.41, 5.74) is 1.57. The van der Waals surface area contributed by atoms with Crippen molar-refractivity contribution < 1.29 is 19.1 Å². The van der Waals surface area contributed by atoms with Gasteiger partial charge in [-0.25, -0.2) is 0 Å². The molecule has 26 heavy (non-hydrogen) atoms. The minimum atomic E-state index is -0.578. The normalized spacial score (nSPS) is 10.3. The summed E-state index contributed by atoms with van der Waals surface area (Å²) in [5.74, 6) is -0.245. The van der Waals surface area contributed by atoms with Crippen LogP contribution in [0.3, 0.4) is 0 Å². The lowest BCUT2D eigenvalue weighted by atomic mass is 10.1. The van der Waals surface area contributed by atoms with Gasteiger partial charge in [0.2, 0.25) is 0 Å². The van der Waals surface area contributed by atoms with Crippen molar-refractivity contribution in [3.05, 3.63) is 63.6 Å². The summed E-state index contributed by atoms with van der Waals surface area (Å²) >= 11 is 12.0. The molecule has 0 saturated heterocycles. The standard InChI is InChI=1S/C19H19Cl2NO4/c1-13-4-2-5-14(10-13)25-9-8-22-18(23)12-26-19(24)11-15-16(20)6-3-7-17(15)21/h2-7,10H,8-9,11-12H2,1H3,(H,22,23). The summed E-state index contributed by atoms with van der Waals surface area (Å²) in [4.78, 5) is 23.5. The number of hydrogen-bond donors (Lipinski definition) is 1. The molecule has 5 nitrogen and oxygen atoms in total. The second kappa shape index (κ2) is 10.0. The van der Waals surface area contributed by atoms with Crippen LogP contribution in [0.15, 0.2) is 42.5 Å². The van der Waals surface area contributed by atoms with Crippen molar-refractivity contribution in [2.75, 3.05) is 19.8 Å². The highest BCUT2D eigenvalue weighted by atomic mass is 35.5. The van der Waals surface area contributed by atoms with Crippen LogP contribution in [0, 0.1) is 6.92 Å². The summed E-state index contributed by atoms with van der Waals surface area (Å²) < 4.78 is 10.5. The highest BCUT2D eigenvalue weighted by Gasteiger charge is 2.13. The lowest BCUT2D eigenvalue weighted by molar-refractivity contribution is -0.147. The third-order valence-corrected chi connectivity index (χ3v) is 4.14. The predicted molar refractivity (Wildman–Crippen MR) is 101 cm³/mol. The summed E-state index contributed by atoms with van der Waals surface area (Å²) in [7, 11) is 0. The summed E-state index contributed by atoms with van der Waals surface area (Å²) in [6.07, 6.45) is -0.0950. The maximum absolute atomic E-state index is 11.8. The number of benzene rings is 2. The topological polar surface area (TPSA) is 64.6 Å². The molecule has 0 aliphatic heterocycles. The van der Waals surface area contributed by atoms with Crippen LogP contribution in [-0.2, 0) is 20.7 Å². The van der Waals surface area contributed by atoms with E-state index in [1.165, 1.54) is 0 Å². The number of halogens is 2. The predicted octanol–water partition coefficient (Wildman–Crippen LogP) is 3.58. The minimum Gasteiger partial charge on any atom is -0.492 e. The molecule has 0 heterocycles. The van der Waals surface area contributed by atoms with E-state index in [0.29, 0.717) is 28.8 Å². The van der Waals surface area contributed by atoms with Gasteiger partial charge >= 0.3 is 5.97 Å². The van der Waals surface area contributed by atoms with Crippen molar-refractivity contribution in [1.29, 1.82) is 0 Å². The van der Waals surface area contributed by atoms with Crippen molar-refractivity contribution in [2.45, 2.75) is 13.3 Å². The molecule has 0 saturated carbocycles. The molecule has 0 aromatic heterocycles. The van der Waals surface area contributed by atoms with E-state index in [4.69, 9.17) is 32.7 Å². The van der Waals surface area contributed by atoms with E-state index in [1.54, 1.807) is 18.2 Å². The maximum Gasteiger partial charge on any atom is 0.310 e. The molecule has 0 spiro atoms. The first kappa shape index (κ1) is 20.1. The lowest BCUT2D eigenvalue weighted by Gasteiger charge is -2.09. The zero-order valence-corrected chi connectivity index (χ0v) is 15.8. The second-order valence-corrected chi connectivity index (χ2v) is 6.37. The molecule has 2 aromatic rings. The molecular formula is C19H19Cl2NO4. The molecular weight excluding hydrogens is 377 g/mol. The average molecular weight is 396 g/mol. The molecule has 0 fully saturated rings. The number of ether oxygens (including phenoxy) is 2. The Morgan fingerprint density at radius 2 is 1.77 bits per heavy atom. The second-order valence-electron chi connectivity index (χ2n) is 5.55. The number of esters is 1. The number of hydrogen-bond acceptors (Lipinski definition) is 4. The molecule has 0 radical (unpaired) electrons. The first-order valence-electron chi connectivity index (χ1n) is 8.00. The first-order valence-corrected chi connectivity index (χ1v) is 8.76. The summed E-state index contributed by atoms with van der Waals surface area (Å²) in [6.45, 7) is 2.23. The van der Waals surface area contributed by atoms with Crippen LogP contribution in [0.25, 0.3) is 0 Å². The number of amides is 1. The van der Waals surface area contributed by atoms with E-state index >= 15 is 0 Å². The number of nitrogens with one attached hydrogen (secondary N) is 1. The third kappa shape index (κ3) is 6.58. The van der Waals surface area contributed by atoms with Crippen molar-refractivity contribution in [1.82, 2.24) is 5.32 Å². The van der Waals surface area contributed by atoms with Crippen LogP contribution in [0.4, 0.5) is 0 Å². The highest BCUT2D eigenvalue weighted by molar-refractivity contribution is 6.36. The zero-order chi connectivity index (χ0) is 18.9. The maximum atomic E-state index is 11.8. The number of rotatable bonds is 8. The van der Waals surface area contributed by atoms with Gasteiger partial charge in [0.15, 0.2) is 6.61 Å². The Kier molecular flexibility index (Phi) is 7.75. The molecule has 2 aromatic carbocycles. The molecule has 1 N–H and O–H groups in total. The number of aryl methyl sites for hydroxylation is 1. The van der Waals surface area contributed by atoms with Gasteiger partial charge in [-0.3, -0.25) is 9.59 Å². The van der Waals surface area contributed by atoms with Crippen LogP contribution in [0.5, 0.6) is 5.75 Å².